The first-order chi connectivity index (χ1) is 23.5. The fourth-order valence-electron chi connectivity index (χ4n) is 6.66. The van der Waals surface area contributed by atoms with E-state index in [2.05, 4.69) is 10.6 Å². The summed E-state index contributed by atoms with van der Waals surface area (Å²) in [7, 11) is 0. The van der Waals surface area contributed by atoms with Crippen LogP contribution in [0.1, 0.15) is 63.4 Å². The third-order valence-corrected chi connectivity index (χ3v) is 9.41. The van der Waals surface area contributed by atoms with E-state index in [4.69, 9.17) is 12.2 Å². The number of nitrogens with zero attached hydrogens (tertiary/aromatic N) is 4. The first kappa shape index (κ1) is 40.1. The van der Waals surface area contributed by atoms with Gasteiger partial charge in [0.25, 0.3) is 0 Å². The van der Waals surface area contributed by atoms with Gasteiger partial charge in [-0.05, 0) is 49.2 Å². The van der Waals surface area contributed by atoms with E-state index in [1.54, 1.807) is 19.6 Å². The van der Waals surface area contributed by atoms with Crippen molar-refractivity contribution >= 4 is 46.9 Å². The summed E-state index contributed by atoms with van der Waals surface area (Å²) < 4.78 is 0. The van der Waals surface area contributed by atoms with E-state index >= 15 is 0 Å². The van der Waals surface area contributed by atoms with Crippen molar-refractivity contribution in [3.63, 3.8) is 0 Å². The number of nitrogens with one attached hydrogen (secondary N) is 2. The number of anilines is 1. The van der Waals surface area contributed by atoms with Gasteiger partial charge in [0.1, 0.15) is 0 Å². The highest BCUT2D eigenvalue weighted by Gasteiger charge is 2.27. The van der Waals surface area contributed by atoms with Crippen molar-refractivity contribution in [2.75, 3.05) is 77.3 Å². The maximum Gasteiger partial charge on any atom is 0.317 e. The number of hydrogen-bond acceptors (Lipinski definition) is 9. The number of benzene rings is 1. The Hall–Kier alpha value is -3.37. The number of carboxylic acids is 4. The van der Waals surface area contributed by atoms with Crippen LogP contribution in [0.4, 0.5) is 5.69 Å². The Morgan fingerprint density at radius 3 is 1.59 bits per heavy atom. The van der Waals surface area contributed by atoms with Gasteiger partial charge in [0.05, 0.1) is 26.2 Å². The molecule has 1 unspecified atom stereocenters. The molecule has 14 nitrogen and oxygen atoms in total. The topological polar surface area (TPSA) is 186 Å². The van der Waals surface area contributed by atoms with Crippen LogP contribution >= 0.6 is 12.2 Å². The van der Waals surface area contributed by atoms with Crippen LogP contribution in [0.3, 0.4) is 0 Å². The van der Waals surface area contributed by atoms with Gasteiger partial charge in [0, 0.05) is 63.6 Å². The molecule has 1 aromatic carbocycles. The summed E-state index contributed by atoms with van der Waals surface area (Å²) >= 11 is 5.65. The second-order valence-electron chi connectivity index (χ2n) is 13.2. The molecule has 1 saturated heterocycles. The van der Waals surface area contributed by atoms with Gasteiger partial charge >= 0.3 is 23.9 Å². The Labute approximate surface area is 294 Å². The van der Waals surface area contributed by atoms with Crippen molar-refractivity contribution in [1.29, 1.82) is 0 Å². The fourth-order valence-corrected chi connectivity index (χ4v) is 6.94. The smallest absolute Gasteiger partial charge is 0.317 e. The monoisotopic (exact) mass is 706 g/mol. The zero-order chi connectivity index (χ0) is 35.6. The number of hydrogen-bond donors (Lipinski definition) is 6. The molecule has 1 aliphatic carbocycles. The van der Waals surface area contributed by atoms with Crippen molar-refractivity contribution in [1.82, 2.24) is 24.9 Å². The molecular formula is C34H54N6O8S. The molecule has 2 fully saturated rings. The van der Waals surface area contributed by atoms with Crippen LogP contribution in [0.15, 0.2) is 24.3 Å². The lowest BCUT2D eigenvalue weighted by Gasteiger charge is -2.37. The number of carbonyl (C=O) groups is 4. The maximum atomic E-state index is 12.0. The Bertz CT molecular complexity index is 1210. The number of carboxylic acid groups (broad SMARTS) is 4. The van der Waals surface area contributed by atoms with Crippen molar-refractivity contribution < 1.29 is 39.6 Å². The Morgan fingerprint density at radius 1 is 0.633 bits per heavy atom. The first-order valence-electron chi connectivity index (χ1n) is 17.4. The summed E-state index contributed by atoms with van der Waals surface area (Å²) in [5, 5.41) is 45.8. The molecule has 3 rings (SSSR count). The molecule has 2 aliphatic rings. The minimum atomic E-state index is -1.05. The van der Waals surface area contributed by atoms with Gasteiger partial charge in [-0.15, -0.1) is 0 Å². The van der Waals surface area contributed by atoms with Crippen molar-refractivity contribution in [2.24, 2.45) is 0 Å². The number of aliphatic carboxylic acids is 4. The highest BCUT2D eigenvalue weighted by Crippen LogP contribution is 2.19. The summed E-state index contributed by atoms with van der Waals surface area (Å²) in [6.07, 6.45) is 11.4. The van der Waals surface area contributed by atoms with E-state index in [1.807, 2.05) is 24.3 Å². The second kappa shape index (κ2) is 21.7. The summed E-state index contributed by atoms with van der Waals surface area (Å²) in [6.45, 7) is 0.560. The third kappa shape index (κ3) is 16.7. The van der Waals surface area contributed by atoms with Gasteiger partial charge in [0.15, 0.2) is 5.11 Å². The predicted molar refractivity (Wildman–Crippen MR) is 190 cm³/mol. The van der Waals surface area contributed by atoms with E-state index in [9.17, 15) is 39.6 Å². The van der Waals surface area contributed by atoms with Gasteiger partial charge in [-0.3, -0.25) is 38.8 Å². The Morgan fingerprint density at radius 2 is 1.08 bits per heavy atom. The minimum Gasteiger partial charge on any atom is -0.480 e. The van der Waals surface area contributed by atoms with Crippen LogP contribution in [-0.4, -0.2) is 153 Å². The van der Waals surface area contributed by atoms with E-state index in [1.165, 1.54) is 44.9 Å². The summed E-state index contributed by atoms with van der Waals surface area (Å²) in [4.78, 5) is 53.9. The Kier molecular flexibility index (Phi) is 17.7. The van der Waals surface area contributed by atoms with E-state index < -0.39 is 29.9 Å². The first-order valence-corrected chi connectivity index (χ1v) is 17.8. The van der Waals surface area contributed by atoms with Gasteiger partial charge in [0.2, 0.25) is 0 Å². The Balaban J connectivity index is 1.77. The molecule has 49 heavy (non-hydrogen) atoms. The lowest BCUT2D eigenvalue weighted by atomic mass is 9.97. The molecule has 1 atom stereocenters. The molecule has 1 aliphatic heterocycles. The number of thiocarbonyl (C=S) groups is 1. The molecule has 6 N–H and O–H groups in total. The van der Waals surface area contributed by atoms with Gasteiger partial charge in [-0.1, -0.05) is 57.1 Å². The quantitative estimate of drug-likeness (QED) is 0.174. The minimum absolute atomic E-state index is 0.217. The summed E-state index contributed by atoms with van der Waals surface area (Å²) in [6, 6.07) is 7.63. The van der Waals surface area contributed by atoms with Crippen molar-refractivity contribution in [3.05, 3.63) is 29.8 Å². The molecule has 1 saturated carbocycles. The molecule has 0 amide bonds. The fraction of sp³-hybridized carbons (Fsp3) is 0.676. The average molecular weight is 707 g/mol. The predicted octanol–water partition coefficient (Wildman–Crippen LogP) is 2.34. The van der Waals surface area contributed by atoms with E-state index in [-0.39, 0.29) is 72.0 Å². The van der Waals surface area contributed by atoms with E-state index in [0.717, 1.165) is 24.1 Å². The van der Waals surface area contributed by atoms with Crippen LogP contribution in [0.5, 0.6) is 0 Å². The van der Waals surface area contributed by atoms with Crippen LogP contribution in [-0.2, 0) is 25.6 Å². The molecule has 0 aromatic heterocycles. The zero-order valence-electron chi connectivity index (χ0n) is 28.4. The van der Waals surface area contributed by atoms with Crippen molar-refractivity contribution in [3.8, 4) is 0 Å². The molecule has 1 aromatic rings. The normalized spacial score (nSPS) is 20.7. The molecule has 274 valence electrons. The zero-order valence-corrected chi connectivity index (χ0v) is 29.2. The lowest BCUT2D eigenvalue weighted by molar-refractivity contribution is -0.142. The maximum absolute atomic E-state index is 12.0. The second-order valence-corrected chi connectivity index (χ2v) is 13.6. The molecule has 0 bridgehead atoms. The highest BCUT2D eigenvalue weighted by molar-refractivity contribution is 7.80. The van der Waals surface area contributed by atoms with Crippen molar-refractivity contribution in [2.45, 2.75) is 76.3 Å². The SMILES string of the molecule is O=C(O)CN1CCN(CC(=O)O)CCN(CC(=O)O)C(Cc2ccc(NC(=S)NC3CCCCCCCCC3)cc2)CN(CC(=O)O)CC1. The molecule has 0 spiro atoms. The summed E-state index contributed by atoms with van der Waals surface area (Å²) in [5.41, 5.74) is 1.73. The molecule has 15 heteroatoms. The van der Waals surface area contributed by atoms with Gasteiger partial charge in [-0.25, -0.2) is 0 Å². The van der Waals surface area contributed by atoms with Crippen LogP contribution in [0.2, 0.25) is 0 Å². The third-order valence-electron chi connectivity index (χ3n) is 9.19. The van der Waals surface area contributed by atoms with Crippen LogP contribution < -0.4 is 10.6 Å². The summed E-state index contributed by atoms with van der Waals surface area (Å²) in [5.74, 6) is -4.16. The molecule has 0 radical (unpaired) electrons. The van der Waals surface area contributed by atoms with Crippen LogP contribution in [0, 0.1) is 0 Å². The lowest BCUT2D eigenvalue weighted by Crippen LogP contribution is -2.53. The largest absolute Gasteiger partial charge is 0.480 e. The van der Waals surface area contributed by atoms with Crippen LogP contribution in [0.25, 0.3) is 0 Å². The van der Waals surface area contributed by atoms with Gasteiger partial charge in [-0.2, -0.15) is 0 Å². The number of rotatable bonds is 12. The van der Waals surface area contributed by atoms with E-state index in [0.29, 0.717) is 17.6 Å². The average Bonchev–Trinajstić information content (AvgIpc) is 3.02. The van der Waals surface area contributed by atoms with Gasteiger partial charge < -0.3 is 31.1 Å². The highest BCUT2D eigenvalue weighted by atomic mass is 32.1. The molecule has 1 heterocycles. The molecular weight excluding hydrogens is 652 g/mol. The standard InChI is InChI=1S/C34H54N6O8S/c41-30(42)22-37-14-15-38(23-31(43)44)18-19-40(25-33(47)48)29(21-39(17-16-37)24-32(45)46)20-26-10-12-28(13-11-26)36-34(49)35-27-8-6-4-2-1-3-5-7-9-27/h10-13,27,29H,1-9,14-25H2,(H,41,42)(H,43,44)(H,45,46)(H,47,48)(H2,35,36,49).